The Bertz CT molecular complexity index is 1420. The van der Waals surface area contributed by atoms with E-state index in [0.29, 0.717) is 17.7 Å². The Morgan fingerprint density at radius 3 is 2.82 bits per heavy atom. The Morgan fingerprint density at radius 1 is 1.21 bits per heavy atom. The maximum atomic E-state index is 15.0. The quantitative estimate of drug-likeness (QED) is 0.421. The number of nitrogens with zero attached hydrogens (tertiary/aromatic N) is 2. The van der Waals surface area contributed by atoms with E-state index in [2.05, 4.69) is 15.3 Å². The Balaban J connectivity index is 1.62. The zero-order valence-corrected chi connectivity index (χ0v) is 21.1. The summed E-state index contributed by atoms with van der Waals surface area (Å²) in [7, 11) is 0. The molecular formula is C28H27F2N3O6. The summed E-state index contributed by atoms with van der Waals surface area (Å²) in [6.45, 7) is 0.748. The highest BCUT2D eigenvalue weighted by atomic mass is 19.1. The molecule has 2 aromatic heterocycles. The lowest BCUT2D eigenvalue weighted by molar-refractivity contribution is -0.184. The standard InChI is InChI=1S/C28H27F2N3O6/c1-15(34)39-14-28(37)17-8-10-38-23-4-2-3-19(29)25(23)26-20(30)5-6-21(32-26)27(36)33-22-13-31-9-7-18(22)16(11-17)12-24(28)35/h2-7,9,13,16-17,24,35,37H,8,10-12,14H2,1H3,(H,33,36). The molecule has 5 rings (SSSR count). The van der Waals surface area contributed by atoms with Crippen LogP contribution >= 0.6 is 0 Å². The number of pyridine rings is 2. The van der Waals surface area contributed by atoms with Gasteiger partial charge >= 0.3 is 5.97 Å². The molecule has 1 amide bonds. The van der Waals surface area contributed by atoms with Crippen molar-refractivity contribution in [1.29, 1.82) is 0 Å². The van der Waals surface area contributed by atoms with Gasteiger partial charge in [0, 0.05) is 13.1 Å². The molecule has 0 spiro atoms. The number of carbonyl (C=O) groups excluding carboxylic acids is 2. The summed E-state index contributed by atoms with van der Waals surface area (Å²) in [6.07, 6.45) is 2.38. The van der Waals surface area contributed by atoms with E-state index in [0.717, 1.165) is 12.1 Å². The average Bonchev–Trinajstić information content (AvgIpc) is 2.90. The second kappa shape index (κ2) is 10.7. The minimum absolute atomic E-state index is 0.00208. The van der Waals surface area contributed by atoms with Gasteiger partial charge in [0.15, 0.2) is 0 Å². The molecule has 4 bridgehead atoms. The second-order valence-corrected chi connectivity index (χ2v) is 9.85. The van der Waals surface area contributed by atoms with Gasteiger partial charge in [0.05, 0.1) is 30.2 Å². The Kier molecular flexibility index (Phi) is 7.28. The van der Waals surface area contributed by atoms with E-state index in [4.69, 9.17) is 9.47 Å². The van der Waals surface area contributed by atoms with Crippen LogP contribution in [0.5, 0.6) is 5.75 Å². The van der Waals surface area contributed by atoms with Gasteiger partial charge in [0.25, 0.3) is 5.91 Å². The number of esters is 1. The summed E-state index contributed by atoms with van der Waals surface area (Å²) in [4.78, 5) is 32.9. The zero-order valence-electron chi connectivity index (χ0n) is 21.1. The molecule has 4 atom stereocenters. The topological polar surface area (TPSA) is 131 Å². The van der Waals surface area contributed by atoms with Crippen LogP contribution < -0.4 is 10.1 Å². The molecule has 11 heteroatoms. The summed E-state index contributed by atoms with van der Waals surface area (Å²) < 4.78 is 40.9. The van der Waals surface area contributed by atoms with Crippen molar-refractivity contribution in [2.75, 3.05) is 18.5 Å². The number of halogens is 2. The number of amides is 1. The number of benzene rings is 1. The number of carbonyl (C=O) groups is 2. The van der Waals surface area contributed by atoms with Crippen LogP contribution in [0, 0.1) is 17.6 Å². The Morgan fingerprint density at radius 2 is 2.03 bits per heavy atom. The normalized spacial score (nSPS) is 24.6. The van der Waals surface area contributed by atoms with E-state index in [9.17, 15) is 24.2 Å². The molecule has 3 heterocycles. The van der Waals surface area contributed by atoms with Crippen LogP contribution in [0.1, 0.15) is 48.2 Å². The summed E-state index contributed by atoms with van der Waals surface area (Å²) in [5, 5.41) is 25.4. The maximum absolute atomic E-state index is 15.0. The third-order valence-corrected chi connectivity index (χ3v) is 7.42. The van der Waals surface area contributed by atoms with Crippen LogP contribution in [0.3, 0.4) is 0 Å². The van der Waals surface area contributed by atoms with Gasteiger partial charge in [-0.2, -0.15) is 0 Å². The number of aliphatic hydroxyl groups is 2. The summed E-state index contributed by atoms with van der Waals surface area (Å²) in [5.74, 6) is -3.85. The highest BCUT2D eigenvalue weighted by Gasteiger charge is 2.50. The van der Waals surface area contributed by atoms with Gasteiger partial charge in [0.2, 0.25) is 0 Å². The van der Waals surface area contributed by atoms with Crippen molar-refractivity contribution in [2.24, 2.45) is 5.92 Å². The van der Waals surface area contributed by atoms with E-state index in [1.54, 1.807) is 12.3 Å². The van der Waals surface area contributed by atoms with Gasteiger partial charge in [-0.1, -0.05) is 6.07 Å². The number of aromatic nitrogens is 2. The SMILES string of the molecule is CC(=O)OCC1(O)C(O)CC2CC1CCOc1cccc(F)c1-c1nc(ccc1F)C(=O)Nc1cnccc12. The molecule has 3 aromatic rings. The highest BCUT2D eigenvalue weighted by molar-refractivity contribution is 6.03. The molecule has 1 aliphatic heterocycles. The third kappa shape index (κ3) is 5.19. The largest absolute Gasteiger partial charge is 0.493 e. The van der Waals surface area contributed by atoms with Crippen molar-refractivity contribution in [1.82, 2.24) is 9.97 Å². The molecule has 1 aromatic carbocycles. The fourth-order valence-corrected chi connectivity index (χ4v) is 5.40. The fourth-order valence-electron chi connectivity index (χ4n) is 5.40. The van der Waals surface area contributed by atoms with Crippen LogP contribution in [0.25, 0.3) is 11.3 Å². The number of rotatable bonds is 2. The van der Waals surface area contributed by atoms with E-state index in [1.165, 1.54) is 31.3 Å². The summed E-state index contributed by atoms with van der Waals surface area (Å²) in [5.41, 5.74) is -1.54. The van der Waals surface area contributed by atoms with E-state index < -0.39 is 53.4 Å². The molecule has 39 heavy (non-hydrogen) atoms. The van der Waals surface area contributed by atoms with Crippen molar-refractivity contribution >= 4 is 17.6 Å². The molecule has 1 fully saturated rings. The number of fused-ring (bicyclic) bond motifs is 8. The van der Waals surface area contributed by atoms with Crippen molar-refractivity contribution in [3.05, 3.63) is 71.7 Å². The smallest absolute Gasteiger partial charge is 0.302 e. The molecule has 204 valence electrons. The number of aliphatic hydroxyl groups excluding tert-OH is 1. The van der Waals surface area contributed by atoms with Gasteiger partial charge in [-0.25, -0.2) is 13.8 Å². The molecule has 1 saturated carbocycles. The lowest BCUT2D eigenvalue weighted by Gasteiger charge is -2.46. The van der Waals surface area contributed by atoms with Gasteiger partial charge in [-0.3, -0.25) is 14.6 Å². The maximum Gasteiger partial charge on any atom is 0.302 e. The van der Waals surface area contributed by atoms with Gasteiger partial charge in [-0.15, -0.1) is 0 Å². The molecule has 1 aliphatic carbocycles. The number of nitrogens with one attached hydrogen (secondary N) is 1. The first kappa shape index (κ1) is 26.6. The molecule has 9 nitrogen and oxygen atoms in total. The highest BCUT2D eigenvalue weighted by Crippen LogP contribution is 2.46. The van der Waals surface area contributed by atoms with Crippen LogP contribution in [-0.2, 0) is 9.53 Å². The van der Waals surface area contributed by atoms with E-state index in [-0.39, 0.29) is 42.4 Å². The number of anilines is 1. The third-order valence-electron chi connectivity index (χ3n) is 7.42. The van der Waals surface area contributed by atoms with Crippen LogP contribution in [0.2, 0.25) is 0 Å². The predicted molar refractivity (Wildman–Crippen MR) is 135 cm³/mol. The molecule has 0 saturated heterocycles. The predicted octanol–water partition coefficient (Wildman–Crippen LogP) is 3.61. The van der Waals surface area contributed by atoms with Crippen LogP contribution in [0.4, 0.5) is 14.5 Å². The average molecular weight is 540 g/mol. The minimum Gasteiger partial charge on any atom is -0.493 e. The fraction of sp³-hybridized carbons (Fsp3) is 0.357. The minimum atomic E-state index is -1.78. The van der Waals surface area contributed by atoms with Crippen molar-refractivity contribution < 1.29 is 38.1 Å². The molecule has 0 radical (unpaired) electrons. The molecular weight excluding hydrogens is 512 g/mol. The first-order chi connectivity index (χ1) is 18.7. The van der Waals surface area contributed by atoms with Gasteiger partial charge < -0.3 is 25.0 Å². The number of ether oxygens (including phenoxy) is 2. The zero-order chi connectivity index (χ0) is 27.7. The van der Waals surface area contributed by atoms with Crippen LogP contribution in [0.15, 0.2) is 48.8 Å². The van der Waals surface area contributed by atoms with E-state index in [1.807, 2.05) is 0 Å². The summed E-state index contributed by atoms with van der Waals surface area (Å²) in [6, 6.07) is 7.93. The molecule has 2 aliphatic rings. The van der Waals surface area contributed by atoms with Crippen LogP contribution in [-0.4, -0.2) is 57.0 Å². The molecule has 4 unspecified atom stereocenters. The van der Waals surface area contributed by atoms with E-state index >= 15 is 4.39 Å². The molecule has 3 N–H and O–H groups in total. The monoisotopic (exact) mass is 539 g/mol. The first-order valence-electron chi connectivity index (χ1n) is 12.5. The van der Waals surface area contributed by atoms with Crippen molar-refractivity contribution in [2.45, 2.75) is 43.8 Å². The van der Waals surface area contributed by atoms with Gasteiger partial charge in [-0.05, 0) is 67.0 Å². The van der Waals surface area contributed by atoms with Gasteiger partial charge in [0.1, 0.15) is 41.0 Å². The lowest BCUT2D eigenvalue weighted by atomic mass is 9.66. The van der Waals surface area contributed by atoms with Crippen molar-refractivity contribution in [3.63, 3.8) is 0 Å². The Labute approximate surface area is 222 Å². The lowest BCUT2D eigenvalue weighted by Crippen LogP contribution is -2.56. The Hall–Kier alpha value is -3.96. The number of hydrogen-bond donors (Lipinski definition) is 3. The van der Waals surface area contributed by atoms with Crippen molar-refractivity contribution in [3.8, 4) is 17.0 Å². The summed E-state index contributed by atoms with van der Waals surface area (Å²) >= 11 is 0. The second-order valence-electron chi connectivity index (χ2n) is 9.85. The number of hydrogen-bond acceptors (Lipinski definition) is 8. The first-order valence-corrected chi connectivity index (χ1v) is 12.5.